The Labute approximate surface area is 86.1 Å². The topological polar surface area (TPSA) is 133 Å². The lowest BCUT2D eigenvalue weighted by Crippen LogP contribution is -2.70. The number of ketones is 1. The van der Waals surface area contributed by atoms with Crippen molar-refractivity contribution in [3.8, 4) is 0 Å². The predicted molar refractivity (Wildman–Crippen MR) is 47.6 cm³/mol. The van der Waals surface area contributed by atoms with E-state index in [-0.39, 0.29) is 0 Å². The number of ether oxygens (including phenoxy) is 1. The molecule has 1 aliphatic rings. The molecule has 1 heterocycles. The highest BCUT2D eigenvalue weighted by Gasteiger charge is 2.54. The maximum absolute atomic E-state index is 11.1. The SMILES string of the molecule is CC(=O)C1(O)O[C@H](CO)[C@@H](O)[C@H](O)[C@@H]1N. The van der Waals surface area contributed by atoms with Gasteiger partial charge in [-0.3, -0.25) is 4.79 Å². The molecule has 0 aliphatic carbocycles. The van der Waals surface area contributed by atoms with Crippen LogP contribution in [0.1, 0.15) is 6.92 Å². The molecule has 1 aliphatic heterocycles. The first kappa shape index (κ1) is 12.5. The van der Waals surface area contributed by atoms with Gasteiger partial charge in [0.2, 0.25) is 5.79 Å². The Kier molecular flexibility index (Phi) is 3.44. The van der Waals surface area contributed by atoms with Crippen LogP contribution in [0.25, 0.3) is 0 Å². The Hall–Kier alpha value is -0.570. The van der Waals surface area contributed by atoms with E-state index in [0.29, 0.717) is 0 Å². The summed E-state index contributed by atoms with van der Waals surface area (Å²) in [6.07, 6.45) is -4.22. The van der Waals surface area contributed by atoms with Gasteiger partial charge in [0, 0.05) is 6.92 Å². The molecule has 0 aromatic rings. The van der Waals surface area contributed by atoms with Gasteiger partial charge in [0.1, 0.15) is 18.3 Å². The third-order valence-corrected chi connectivity index (χ3v) is 2.57. The number of hydrogen-bond acceptors (Lipinski definition) is 7. The van der Waals surface area contributed by atoms with E-state index in [1.54, 1.807) is 0 Å². The number of Topliss-reactive ketones (excluding diaryl/α,β-unsaturated/α-hetero) is 1. The molecule has 7 heteroatoms. The molecule has 88 valence electrons. The first-order valence-corrected chi connectivity index (χ1v) is 4.48. The minimum absolute atomic E-state index is 0.638. The smallest absolute Gasteiger partial charge is 0.244 e. The number of aliphatic hydroxyl groups is 4. The fourth-order valence-electron chi connectivity index (χ4n) is 1.51. The Morgan fingerprint density at radius 2 is 2.00 bits per heavy atom. The number of rotatable bonds is 2. The van der Waals surface area contributed by atoms with E-state index in [2.05, 4.69) is 0 Å². The van der Waals surface area contributed by atoms with E-state index in [9.17, 15) is 20.1 Å². The highest BCUT2D eigenvalue weighted by Crippen LogP contribution is 2.27. The second kappa shape index (κ2) is 4.12. The Balaban J connectivity index is 2.97. The zero-order valence-electron chi connectivity index (χ0n) is 8.20. The number of hydrogen-bond donors (Lipinski definition) is 5. The van der Waals surface area contributed by atoms with Crippen molar-refractivity contribution in [3.05, 3.63) is 0 Å². The molecule has 0 amide bonds. The molecule has 1 rings (SSSR count). The summed E-state index contributed by atoms with van der Waals surface area (Å²) >= 11 is 0. The van der Waals surface area contributed by atoms with Gasteiger partial charge in [0.05, 0.1) is 12.6 Å². The molecule has 1 saturated heterocycles. The van der Waals surface area contributed by atoms with Gasteiger partial charge in [0.15, 0.2) is 5.78 Å². The van der Waals surface area contributed by atoms with Crippen molar-refractivity contribution in [2.24, 2.45) is 5.73 Å². The summed E-state index contributed by atoms with van der Waals surface area (Å²) in [6, 6.07) is -1.45. The molecular weight excluding hydrogens is 206 g/mol. The van der Waals surface area contributed by atoms with Crippen molar-refractivity contribution >= 4 is 5.78 Å². The van der Waals surface area contributed by atoms with Crippen LogP contribution in [0.5, 0.6) is 0 Å². The monoisotopic (exact) mass is 221 g/mol. The minimum atomic E-state index is -2.37. The van der Waals surface area contributed by atoms with Crippen LogP contribution in [-0.4, -0.2) is 63.0 Å². The molecule has 0 spiro atoms. The van der Waals surface area contributed by atoms with Crippen LogP contribution in [0.4, 0.5) is 0 Å². The molecule has 7 nitrogen and oxygen atoms in total. The standard InChI is InChI=1S/C8H15NO6/c1-3(11)8(14)7(9)6(13)5(12)4(2-10)15-8/h4-7,10,12-14H,2,9H2,1H3/t4-,5-,6+,7+,8?/m1/s1. The lowest BCUT2D eigenvalue weighted by molar-refractivity contribution is -0.296. The number of nitrogens with two attached hydrogens (primary N) is 1. The zero-order chi connectivity index (χ0) is 11.8. The number of carbonyl (C=O) groups excluding carboxylic acids is 1. The quantitative estimate of drug-likeness (QED) is 0.330. The van der Waals surface area contributed by atoms with Crippen LogP contribution >= 0.6 is 0 Å². The lowest BCUT2D eigenvalue weighted by Gasteiger charge is -2.44. The fourth-order valence-corrected chi connectivity index (χ4v) is 1.51. The second-order valence-corrected chi connectivity index (χ2v) is 3.60. The highest BCUT2D eigenvalue weighted by atomic mass is 16.7. The second-order valence-electron chi connectivity index (χ2n) is 3.60. The predicted octanol–water partition coefficient (Wildman–Crippen LogP) is -3.30. The summed E-state index contributed by atoms with van der Waals surface area (Å²) in [5, 5.41) is 37.4. The van der Waals surface area contributed by atoms with Crippen LogP contribution in [0, 0.1) is 0 Å². The molecular formula is C8H15NO6. The Morgan fingerprint density at radius 1 is 1.47 bits per heavy atom. The molecule has 1 fully saturated rings. The number of aliphatic hydroxyl groups excluding tert-OH is 3. The molecule has 0 bridgehead atoms. The summed E-state index contributed by atoms with van der Waals surface area (Å²) in [5.41, 5.74) is 5.38. The normalized spacial score (nSPS) is 46.5. The fraction of sp³-hybridized carbons (Fsp3) is 0.875. The molecule has 5 atom stereocenters. The molecule has 1 unspecified atom stereocenters. The van der Waals surface area contributed by atoms with Gasteiger partial charge in [-0.1, -0.05) is 0 Å². The summed E-state index contributed by atoms with van der Waals surface area (Å²) in [7, 11) is 0. The summed E-state index contributed by atoms with van der Waals surface area (Å²) in [5.74, 6) is -3.16. The van der Waals surface area contributed by atoms with E-state index >= 15 is 0 Å². The largest absolute Gasteiger partial charge is 0.394 e. The average molecular weight is 221 g/mol. The van der Waals surface area contributed by atoms with Gasteiger partial charge < -0.3 is 30.9 Å². The average Bonchev–Trinajstić information content (AvgIpc) is 2.20. The third kappa shape index (κ3) is 1.89. The first-order chi connectivity index (χ1) is 6.84. The first-order valence-electron chi connectivity index (χ1n) is 4.48. The molecule has 0 saturated carbocycles. The molecule has 0 radical (unpaired) electrons. The van der Waals surface area contributed by atoms with E-state index in [1.165, 1.54) is 0 Å². The van der Waals surface area contributed by atoms with Crippen molar-refractivity contribution in [2.45, 2.75) is 37.1 Å². The van der Waals surface area contributed by atoms with Gasteiger partial charge in [0.25, 0.3) is 0 Å². The van der Waals surface area contributed by atoms with Crippen molar-refractivity contribution in [1.29, 1.82) is 0 Å². The van der Waals surface area contributed by atoms with Crippen molar-refractivity contribution in [3.63, 3.8) is 0 Å². The molecule has 0 aromatic carbocycles. The van der Waals surface area contributed by atoms with Gasteiger partial charge in [-0.2, -0.15) is 0 Å². The van der Waals surface area contributed by atoms with Crippen molar-refractivity contribution in [1.82, 2.24) is 0 Å². The van der Waals surface area contributed by atoms with E-state index < -0.39 is 42.5 Å². The van der Waals surface area contributed by atoms with Crippen LogP contribution in [0.3, 0.4) is 0 Å². The highest BCUT2D eigenvalue weighted by molar-refractivity contribution is 5.84. The van der Waals surface area contributed by atoms with Crippen LogP contribution < -0.4 is 5.73 Å². The van der Waals surface area contributed by atoms with Crippen molar-refractivity contribution in [2.75, 3.05) is 6.61 Å². The molecule has 15 heavy (non-hydrogen) atoms. The minimum Gasteiger partial charge on any atom is -0.394 e. The van der Waals surface area contributed by atoms with Crippen LogP contribution in [-0.2, 0) is 9.53 Å². The third-order valence-electron chi connectivity index (χ3n) is 2.57. The Morgan fingerprint density at radius 3 is 2.40 bits per heavy atom. The van der Waals surface area contributed by atoms with Crippen LogP contribution in [0.2, 0.25) is 0 Å². The maximum atomic E-state index is 11.1. The Bertz CT molecular complexity index is 258. The van der Waals surface area contributed by atoms with E-state index in [1.807, 2.05) is 0 Å². The van der Waals surface area contributed by atoms with Gasteiger partial charge in [-0.25, -0.2) is 0 Å². The molecule has 0 aromatic heterocycles. The maximum Gasteiger partial charge on any atom is 0.244 e. The van der Waals surface area contributed by atoms with Gasteiger partial charge >= 0.3 is 0 Å². The summed E-state index contributed by atoms with van der Waals surface area (Å²) in [6.45, 7) is 0.402. The van der Waals surface area contributed by atoms with Crippen LogP contribution in [0.15, 0.2) is 0 Å². The zero-order valence-corrected chi connectivity index (χ0v) is 8.20. The van der Waals surface area contributed by atoms with E-state index in [4.69, 9.17) is 15.6 Å². The number of carbonyl (C=O) groups is 1. The van der Waals surface area contributed by atoms with Gasteiger partial charge in [-0.05, 0) is 0 Å². The summed E-state index contributed by atoms with van der Waals surface area (Å²) < 4.78 is 4.80. The van der Waals surface area contributed by atoms with Crippen molar-refractivity contribution < 1.29 is 30.0 Å². The lowest BCUT2D eigenvalue weighted by atomic mass is 9.89. The van der Waals surface area contributed by atoms with E-state index in [0.717, 1.165) is 6.92 Å². The summed E-state index contributed by atoms with van der Waals surface area (Å²) in [4.78, 5) is 11.1. The molecule has 6 N–H and O–H groups in total. The van der Waals surface area contributed by atoms with Gasteiger partial charge in [-0.15, -0.1) is 0 Å².